The molecule has 0 aromatic rings. The number of hydrogen-bond donors (Lipinski definition) is 1. The molecule has 4 atom stereocenters. The first-order valence-corrected chi connectivity index (χ1v) is 8.70. The molecule has 0 aromatic carbocycles. The SMILES string of the molecule is CCC1CCCC(C(CC2CN(C)CCN2C)NC)C1. The van der Waals surface area contributed by atoms with Gasteiger partial charge < -0.3 is 15.1 Å². The Bertz CT molecular complexity index is 281. The summed E-state index contributed by atoms with van der Waals surface area (Å²) in [7, 11) is 6.75. The predicted octanol–water partition coefficient (Wildman–Crippen LogP) is 2.43. The van der Waals surface area contributed by atoms with Crippen LogP contribution in [-0.4, -0.2) is 62.7 Å². The van der Waals surface area contributed by atoms with E-state index in [9.17, 15) is 0 Å². The van der Waals surface area contributed by atoms with Crippen LogP contribution in [0.2, 0.25) is 0 Å². The van der Waals surface area contributed by atoms with Crippen molar-refractivity contribution in [2.24, 2.45) is 11.8 Å². The largest absolute Gasteiger partial charge is 0.317 e. The van der Waals surface area contributed by atoms with Gasteiger partial charge in [-0.1, -0.05) is 26.2 Å². The first kappa shape index (κ1) is 16.3. The molecule has 4 unspecified atom stereocenters. The molecule has 2 aliphatic rings. The normalized spacial score (nSPS) is 35.1. The van der Waals surface area contributed by atoms with Crippen molar-refractivity contribution in [3.05, 3.63) is 0 Å². The third-order valence-corrected chi connectivity index (χ3v) is 5.85. The maximum atomic E-state index is 3.65. The first-order chi connectivity index (χ1) is 9.63. The molecular formula is C17H35N3. The van der Waals surface area contributed by atoms with E-state index < -0.39 is 0 Å². The van der Waals surface area contributed by atoms with E-state index in [1.165, 1.54) is 58.2 Å². The molecule has 1 aliphatic heterocycles. The molecule has 2 fully saturated rings. The van der Waals surface area contributed by atoms with Crippen molar-refractivity contribution in [3.8, 4) is 0 Å². The molecule has 0 spiro atoms. The minimum Gasteiger partial charge on any atom is -0.317 e. The molecular weight excluding hydrogens is 246 g/mol. The van der Waals surface area contributed by atoms with Gasteiger partial charge in [-0.25, -0.2) is 0 Å². The van der Waals surface area contributed by atoms with Crippen molar-refractivity contribution in [1.29, 1.82) is 0 Å². The summed E-state index contributed by atoms with van der Waals surface area (Å²) >= 11 is 0. The summed E-state index contributed by atoms with van der Waals surface area (Å²) in [5.41, 5.74) is 0. The van der Waals surface area contributed by atoms with Crippen LogP contribution in [0.5, 0.6) is 0 Å². The van der Waals surface area contributed by atoms with Crippen LogP contribution >= 0.6 is 0 Å². The standard InChI is InChI=1S/C17H35N3/c1-5-14-7-6-8-15(11-14)17(18-2)12-16-13-19(3)9-10-20(16)4/h14-18H,5-13H2,1-4H3. The average molecular weight is 281 g/mol. The van der Waals surface area contributed by atoms with Gasteiger partial charge in [0.1, 0.15) is 0 Å². The molecule has 1 saturated heterocycles. The van der Waals surface area contributed by atoms with Crippen molar-refractivity contribution in [2.75, 3.05) is 40.8 Å². The summed E-state index contributed by atoms with van der Waals surface area (Å²) in [6, 6.07) is 1.44. The molecule has 20 heavy (non-hydrogen) atoms. The highest BCUT2D eigenvalue weighted by atomic mass is 15.3. The van der Waals surface area contributed by atoms with Gasteiger partial charge in [0.25, 0.3) is 0 Å². The van der Waals surface area contributed by atoms with Gasteiger partial charge in [-0.05, 0) is 52.2 Å². The molecule has 0 aromatic heterocycles. The number of piperazine rings is 1. The Kier molecular flexibility index (Phi) is 6.31. The molecule has 3 nitrogen and oxygen atoms in total. The van der Waals surface area contributed by atoms with Crippen LogP contribution in [0.4, 0.5) is 0 Å². The Morgan fingerprint density at radius 2 is 2.00 bits per heavy atom. The zero-order valence-electron chi connectivity index (χ0n) is 14.1. The Morgan fingerprint density at radius 3 is 2.70 bits per heavy atom. The van der Waals surface area contributed by atoms with Crippen molar-refractivity contribution < 1.29 is 0 Å². The molecule has 1 aliphatic carbocycles. The highest BCUT2D eigenvalue weighted by Gasteiger charge is 2.31. The highest BCUT2D eigenvalue weighted by Crippen LogP contribution is 2.34. The lowest BCUT2D eigenvalue weighted by molar-refractivity contribution is 0.0883. The van der Waals surface area contributed by atoms with Crippen LogP contribution in [-0.2, 0) is 0 Å². The molecule has 1 heterocycles. The van der Waals surface area contributed by atoms with Gasteiger partial charge in [-0.2, -0.15) is 0 Å². The first-order valence-electron chi connectivity index (χ1n) is 8.70. The summed E-state index contributed by atoms with van der Waals surface area (Å²) in [6.07, 6.45) is 8.50. The van der Waals surface area contributed by atoms with E-state index in [0.29, 0.717) is 6.04 Å². The zero-order valence-corrected chi connectivity index (χ0v) is 14.1. The van der Waals surface area contributed by atoms with Crippen molar-refractivity contribution >= 4 is 0 Å². The molecule has 118 valence electrons. The molecule has 1 N–H and O–H groups in total. The quantitative estimate of drug-likeness (QED) is 0.835. The number of nitrogens with one attached hydrogen (secondary N) is 1. The number of hydrogen-bond acceptors (Lipinski definition) is 3. The zero-order chi connectivity index (χ0) is 14.5. The van der Waals surface area contributed by atoms with Gasteiger partial charge in [-0.3, -0.25) is 0 Å². The molecule has 0 radical (unpaired) electrons. The fourth-order valence-electron chi connectivity index (χ4n) is 4.26. The summed E-state index contributed by atoms with van der Waals surface area (Å²) in [6.45, 7) is 6.04. The van der Waals surface area contributed by atoms with E-state index in [-0.39, 0.29) is 0 Å². The summed E-state index contributed by atoms with van der Waals surface area (Å²) < 4.78 is 0. The van der Waals surface area contributed by atoms with Gasteiger partial charge in [0, 0.05) is 31.7 Å². The Morgan fingerprint density at radius 1 is 1.20 bits per heavy atom. The minimum atomic E-state index is 0.711. The smallest absolute Gasteiger partial charge is 0.0235 e. The molecule has 3 heteroatoms. The average Bonchev–Trinajstić information content (AvgIpc) is 2.48. The number of likely N-dealkylation sites (N-methyl/N-ethyl adjacent to an activating group) is 2. The summed E-state index contributed by atoms with van der Waals surface area (Å²) in [4.78, 5) is 5.07. The molecule has 2 rings (SSSR count). The third-order valence-electron chi connectivity index (χ3n) is 5.85. The van der Waals surface area contributed by atoms with Gasteiger partial charge in [0.15, 0.2) is 0 Å². The van der Waals surface area contributed by atoms with Gasteiger partial charge in [0.2, 0.25) is 0 Å². The second-order valence-electron chi connectivity index (χ2n) is 7.23. The van der Waals surface area contributed by atoms with Crippen molar-refractivity contribution in [2.45, 2.75) is 57.5 Å². The molecule has 0 amide bonds. The lowest BCUT2D eigenvalue weighted by atomic mass is 9.75. The number of rotatable bonds is 5. The maximum absolute atomic E-state index is 3.65. The topological polar surface area (TPSA) is 18.5 Å². The van der Waals surface area contributed by atoms with E-state index in [1.54, 1.807) is 0 Å². The second-order valence-corrected chi connectivity index (χ2v) is 7.23. The predicted molar refractivity (Wildman–Crippen MR) is 87.1 cm³/mol. The monoisotopic (exact) mass is 281 g/mol. The van der Waals surface area contributed by atoms with E-state index in [0.717, 1.165) is 17.9 Å². The Balaban J connectivity index is 1.90. The van der Waals surface area contributed by atoms with Crippen LogP contribution in [0.15, 0.2) is 0 Å². The van der Waals surface area contributed by atoms with Crippen LogP contribution < -0.4 is 5.32 Å². The highest BCUT2D eigenvalue weighted by molar-refractivity contribution is 4.88. The lowest BCUT2D eigenvalue weighted by Gasteiger charge is -2.42. The fraction of sp³-hybridized carbons (Fsp3) is 1.00. The Labute approximate surface area is 126 Å². The van der Waals surface area contributed by atoms with Gasteiger partial charge in [-0.15, -0.1) is 0 Å². The third kappa shape index (κ3) is 4.19. The van der Waals surface area contributed by atoms with Crippen LogP contribution in [0.3, 0.4) is 0 Å². The van der Waals surface area contributed by atoms with Crippen molar-refractivity contribution in [1.82, 2.24) is 15.1 Å². The summed E-state index contributed by atoms with van der Waals surface area (Å²) in [5.74, 6) is 1.88. The van der Waals surface area contributed by atoms with E-state index in [2.05, 4.69) is 43.2 Å². The van der Waals surface area contributed by atoms with Crippen LogP contribution in [0.25, 0.3) is 0 Å². The van der Waals surface area contributed by atoms with Crippen molar-refractivity contribution in [3.63, 3.8) is 0 Å². The molecule has 1 saturated carbocycles. The lowest BCUT2D eigenvalue weighted by Crippen LogP contribution is -2.53. The van der Waals surface area contributed by atoms with E-state index in [4.69, 9.17) is 0 Å². The number of nitrogens with zero attached hydrogens (tertiary/aromatic N) is 2. The fourth-order valence-corrected chi connectivity index (χ4v) is 4.26. The summed E-state index contributed by atoms with van der Waals surface area (Å²) in [5, 5.41) is 3.65. The van der Waals surface area contributed by atoms with E-state index in [1.807, 2.05) is 0 Å². The molecule has 0 bridgehead atoms. The van der Waals surface area contributed by atoms with Crippen LogP contribution in [0, 0.1) is 11.8 Å². The second kappa shape index (κ2) is 7.77. The van der Waals surface area contributed by atoms with E-state index >= 15 is 0 Å². The van der Waals surface area contributed by atoms with Crippen LogP contribution in [0.1, 0.15) is 45.4 Å². The van der Waals surface area contributed by atoms with Gasteiger partial charge in [0.05, 0.1) is 0 Å². The maximum Gasteiger partial charge on any atom is 0.0235 e. The van der Waals surface area contributed by atoms with Gasteiger partial charge >= 0.3 is 0 Å². The minimum absolute atomic E-state index is 0.711. The Hall–Kier alpha value is -0.120.